The molecule has 1 heterocycles. The van der Waals surface area contributed by atoms with Crippen molar-refractivity contribution in [3.05, 3.63) is 76.7 Å². The van der Waals surface area contributed by atoms with Crippen LogP contribution >= 0.6 is 0 Å². The number of carbonyl (C=O) groups is 2. The molecule has 2 aromatic carbocycles. The number of hydrogen-bond donors (Lipinski definition) is 3. The number of carbonyl (C=O) groups excluding carboxylic acids is 2. The number of halogens is 3. The fourth-order valence-corrected chi connectivity index (χ4v) is 2.75. The fourth-order valence-electron chi connectivity index (χ4n) is 2.75. The summed E-state index contributed by atoms with van der Waals surface area (Å²) in [5.41, 5.74) is 6.49. The van der Waals surface area contributed by atoms with Gasteiger partial charge >= 0.3 is 6.18 Å². The van der Waals surface area contributed by atoms with E-state index in [9.17, 15) is 22.8 Å². The number of alkyl halides is 3. The van der Waals surface area contributed by atoms with Crippen LogP contribution in [-0.4, -0.2) is 21.8 Å². The topological polar surface area (TPSA) is 110 Å². The molecule has 7 nitrogen and oxygen atoms in total. The Hall–Kier alpha value is -3.95. The minimum Gasteiger partial charge on any atom is -0.383 e. The third kappa shape index (κ3) is 4.97. The minimum atomic E-state index is -4.52. The smallest absolute Gasteiger partial charge is 0.383 e. The number of nitrogen functional groups attached to an aromatic ring is 1. The van der Waals surface area contributed by atoms with Gasteiger partial charge in [0.15, 0.2) is 0 Å². The van der Waals surface area contributed by atoms with E-state index in [-0.39, 0.29) is 22.8 Å². The van der Waals surface area contributed by atoms with E-state index in [1.807, 2.05) is 0 Å². The molecule has 0 aliphatic heterocycles. The molecular formula is C21H18F3N5O2. The molecule has 2 amide bonds. The monoisotopic (exact) mass is 429 g/mol. The molecule has 0 unspecified atom stereocenters. The molecule has 0 saturated heterocycles. The van der Waals surface area contributed by atoms with E-state index in [0.717, 1.165) is 12.1 Å². The van der Waals surface area contributed by atoms with Crippen LogP contribution < -0.4 is 16.4 Å². The van der Waals surface area contributed by atoms with Gasteiger partial charge in [-0.3, -0.25) is 9.59 Å². The van der Waals surface area contributed by atoms with Gasteiger partial charge in [0.1, 0.15) is 17.8 Å². The maximum atomic E-state index is 12.9. The Morgan fingerprint density at radius 3 is 2.42 bits per heavy atom. The summed E-state index contributed by atoms with van der Waals surface area (Å²) < 4.78 is 38.6. The molecule has 0 aliphatic rings. The lowest BCUT2D eigenvalue weighted by atomic mass is 10.1. The zero-order valence-corrected chi connectivity index (χ0v) is 16.5. The summed E-state index contributed by atoms with van der Waals surface area (Å²) >= 11 is 0. The summed E-state index contributed by atoms with van der Waals surface area (Å²) in [6.45, 7) is 3.33. The summed E-state index contributed by atoms with van der Waals surface area (Å²) in [5, 5.41) is 5.10. The molecule has 3 aromatic rings. The van der Waals surface area contributed by atoms with Crippen molar-refractivity contribution >= 4 is 29.0 Å². The van der Waals surface area contributed by atoms with Gasteiger partial charge in [0.25, 0.3) is 11.8 Å². The van der Waals surface area contributed by atoms with E-state index in [0.29, 0.717) is 16.8 Å². The Bertz CT molecular complexity index is 1160. The van der Waals surface area contributed by atoms with Gasteiger partial charge in [-0.2, -0.15) is 13.2 Å². The van der Waals surface area contributed by atoms with Crippen LogP contribution in [-0.2, 0) is 6.18 Å². The molecular weight excluding hydrogens is 411 g/mol. The standard InChI is InChI=1S/C21H18F3N5O2/c1-11-6-7-13(19(30)28-15-5-3-4-14(9-15)21(22,23)24)8-16(11)29-20(31)17-12(2)18(25)27-10-26-17/h3-10H,1-2H3,(H,28,30)(H,29,31)(H2,25,26,27). The zero-order chi connectivity index (χ0) is 22.8. The molecule has 3 rings (SSSR count). The van der Waals surface area contributed by atoms with Crippen molar-refractivity contribution in [2.75, 3.05) is 16.4 Å². The van der Waals surface area contributed by atoms with Crippen molar-refractivity contribution in [2.24, 2.45) is 0 Å². The number of benzene rings is 2. The first-order valence-corrected chi connectivity index (χ1v) is 9.04. The van der Waals surface area contributed by atoms with E-state index in [2.05, 4.69) is 20.6 Å². The SMILES string of the molecule is Cc1ccc(C(=O)Nc2cccc(C(F)(F)F)c2)cc1NC(=O)c1ncnc(N)c1C. The molecule has 0 fully saturated rings. The lowest BCUT2D eigenvalue weighted by molar-refractivity contribution is -0.137. The largest absolute Gasteiger partial charge is 0.416 e. The minimum absolute atomic E-state index is 0.00179. The number of aromatic nitrogens is 2. The van der Waals surface area contributed by atoms with Crippen LogP contribution in [0.3, 0.4) is 0 Å². The van der Waals surface area contributed by atoms with E-state index in [4.69, 9.17) is 5.73 Å². The summed E-state index contributed by atoms with van der Waals surface area (Å²) in [7, 11) is 0. The number of nitrogens with one attached hydrogen (secondary N) is 2. The lowest BCUT2D eigenvalue weighted by Gasteiger charge is -2.13. The maximum absolute atomic E-state index is 12.9. The molecule has 10 heteroatoms. The van der Waals surface area contributed by atoms with Crippen molar-refractivity contribution in [3.63, 3.8) is 0 Å². The number of rotatable bonds is 4. The third-order valence-corrected chi connectivity index (χ3v) is 4.53. The molecule has 0 aliphatic carbocycles. The highest BCUT2D eigenvalue weighted by Gasteiger charge is 2.30. The first kappa shape index (κ1) is 21.8. The van der Waals surface area contributed by atoms with Crippen molar-refractivity contribution in [2.45, 2.75) is 20.0 Å². The number of nitrogens with zero attached hydrogens (tertiary/aromatic N) is 2. The predicted molar refractivity (Wildman–Crippen MR) is 110 cm³/mol. The highest BCUT2D eigenvalue weighted by atomic mass is 19.4. The van der Waals surface area contributed by atoms with Crippen LogP contribution in [0.5, 0.6) is 0 Å². The van der Waals surface area contributed by atoms with Crippen LogP contribution in [0.25, 0.3) is 0 Å². The maximum Gasteiger partial charge on any atom is 0.416 e. The Labute approximate surface area is 175 Å². The van der Waals surface area contributed by atoms with Crippen LogP contribution in [0.2, 0.25) is 0 Å². The van der Waals surface area contributed by atoms with Crippen molar-refractivity contribution in [3.8, 4) is 0 Å². The van der Waals surface area contributed by atoms with E-state index >= 15 is 0 Å². The lowest BCUT2D eigenvalue weighted by Crippen LogP contribution is -2.18. The summed E-state index contributed by atoms with van der Waals surface area (Å²) in [5.74, 6) is -0.992. The summed E-state index contributed by atoms with van der Waals surface area (Å²) in [4.78, 5) is 32.9. The molecule has 31 heavy (non-hydrogen) atoms. The number of aryl methyl sites for hydroxylation is 1. The van der Waals surface area contributed by atoms with Crippen LogP contribution in [0.15, 0.2) is 48.8 Å². The number of hydrogen-bond acceptors (Lipinski definition) is 5. The second kappa shape index (κ2) is 8.42. The third-order valence-electron chi connectivity index (χ3n) is 4.53. The second-order valence-electron chi connectivity index (χ2n) is 6.75. The van der Waals surface area contributed by atoms with Gasteiger partial charge in [-0.05, 0) is 49.7 Å². The molecule has 0 atom stereocenters. The van der Waals surface area contributed by atoms with Crippen molar-refractivity contribution < 1.29 is 22.8 Å². The number of nitrogens with two attached hydrogens (primary N) is 1. The zero-order valence-electron chi connectivity index (χ0n) is 16.5. The van der Waals surface area contributed by atoms with E-state index in [1.165, 1.54) is 30.6 Å². The molecule has 4 N–H and O–H groups in total. The summed E-state index contributed by atoms with van der Waals surface area (Å²) in [6.07, 6.45) is -3.35. The predicted octanol–water partition coefficient (Wildman–Crippen LogP) is 4.20. The van der Waals surface area contributed by atoms with E-state index in [1.54, 1.807) is 19.9 Å². The van der Waals surface area contributed by atoms with Gasteiger partial charge < -0.3 is 16.4 Å². The molecule has 0 radical (unpaired) electrons. The number of anilines is 3. The van der Waals surface area contributed by atoms with Crippen LogP contribution in [0, 0.1) is 13.8 Å². The molecule has 0 saturated carbocycles. The fraction of sp³-hybridized carbons (Fsp3) is 0.143. The Balaban J connectivity index is 1.81. The molecule has 0 bridgehead atoms. The molecule has 1 aromatic heterocycles. The van der Waals surface area contributed by atoms with Crippen LogP contribution in [0.1, 0.15) is 37.5 Å². The Kier molecular flexibility index (Phi) is 5.91. The molecule has 160 valence electrons. The normalized spacial score (nSPS) is 11.1. The average molecular weight is 429 g/mol. The molecule has 0 spiro atoms. The van der Waals surface area contributed by atoms with E-state index < -0.39 is 23.6 Å². The van der Waals surface area contributed by atoms with Gasteiger partial charge in [-0.25, -0.2) is 9.97 Å². The van der Waals surface area contributed by atoms with Crippen LogP contribution in [0.4, 0.5) is 30.4 Å². The number of amides is 2. The van der Waals surface area contributed by atoms with Gasteiger partial charge in [0, 0.05) is 22.5 Å². The first-order chi connectivity index (χ1) is 14.6. The van der Waals surface area contributed by atoms with Gasteiger partial charge in [-0.15, -0.1) is 0 Å². The quantitative estimate of drug-likeness (QED) is 0.576. The first-order valence-electron chi connectivity index (χ1n) is 9.04. The van der Waals surface area contributed by atoms with Gasteiger partial charge in [0.05, 0.1) is 5.56 Å². The Morgan fingerprint density at radius 2 is 1.71 bits per heavy atom. The van der Waals surface area contributed by atoms with Crippen molar-refractivity contribution in [1.82, 2.24) is 9.97 Å². The van der Waals surface area contributed by atoms with Gasteiger partial charge in [0.2, 0.25) is 0 Å². The Morgan fingerprint density at radius 1 is 0.968 bits per heavy atom. The van der Waals surface area contributed by atoms with Crippen molar-refractivity contribution in [1.29, 1.82) is 0 Å². The summed E-state index contributed by atoms with van der Waals surface area (Å²) in [6, 6.07) is 8.85. The highest BCUT2D eigenvalue weighted by Crippen LogP contribution is 2.31. The van der Waals surface area contributed by atoms with Gasteiger partial charge in [-0.1, -0.05) is 12.1 Å². The average Bonchev–Trinajstić information content (AvgIpc) is 2.71. The highest BCUT2D eigenvalue weighted by molar-refractivity contribution is 6.07. The second-order valence-corrected chi connectivity index (χ2v) is 6.75.